The van der Waals surface area contributed by atoms with E-state index < -0.39 is 0 Å². The molecule has 0 aromatic carbocycles. The van der Waals surface area contributed by atoms with Gasteiger partial charge in [0.1, 0.15) is 18.1 Å². The highest BCUT2D eigenvalue weighted by Crippen LogP contribution is 2.16. The number of pyridine rings is 1. The lowest BCUT2D eigenvalue weighted by molar-refractivity contribution is 0.268. The van der Waals surface area contributed by atoms with Gasteiger partial charge in [-0.05, 0) is 24.3 Å². The topological polar surface area (TPSA) is 93.9 Å². The van der Waals surface area contributed by atoms with Gasteiger partial charge in [0, 0.05) is 6.20 Å². The van der Waals surface area contributed by atoms with Crippen LogP contribution in [0.15, 0.2) is 46.3 Å². The van der Waals surface area contributed by atoms with Crippen molar-refractivity contribution in [1.29, 1.82) is 0 Å². The summed E-state index contributed by atoms with van der Waals surface area (Å²) in [6.45, 7) is 0.254. The summed E-state index contributed by atoms with van der Waals surface area (Å²) >= 11 is 0. The number of ether oxygens (including phenoxy) is 1. The Morgan fingerprint density at radius 3 is 3.06 bits per heavy atom. The van der Waals surface area contributed by atoms with Crippen LogP contribution in [0.5, 0.6) is 5.75 Å². The van der Waals surface area contributed by atoms with Gasteiger partial charge in [0.15, 0.2) is 11.5 Å². The Bertz CT molecular complexity index is 508. The SMILES string of the molecule is N/C(=N/O)c1ncccc1OCc1ccco1. The van der Waals surface area contributed by atoms with E-state index in [9.17, 15) is 0 Å². The molecule has 0 saturated carbocycles. The predicted octanol–water partition coefficient (Wildman–Crippen LogP) is 1.35. The highest BCUT2D eigenvalue weighted by Gasteiger charge is 2.09. The number of nitrogens with zero attached hydrogens (tertiary/aromatic N) is 2. The number of nitrogens with two attached hydrogens (primary N) is 1. The fourth-order valence-electron chi connectivity index (χ4n) is 1.29. The van der Waals surface area contributed by atoms with Crippen LogP contribution in [-0.4, -0.2) is 16.0 Å². The second-order valence-electron chi connectivity index (χ2n) is 3.20. The van der Waals surface area contributed by atoms with Gasteiger partial charge in [-0.2, -0.15) is 0 Å². The number of amidine groups is 1. The van der Waals surface area contributed by atoms with Crippen LogP contribution < -0.4 is 10.5 Å². The number of rotatable bonds is 4. The largest absolute Gasteiger partial charge is 0.483 e. The van der Waals surface area contributed by atoms with Crippen LogP contribution in [0.1, 0.15) is 11.5 Å². The Hall–Kier alpha value is -2.50. The van der Waals surface area contributed by atoms with E-state index in [0.717, 1.165) is 0 Å². The zero-order valence-electron chi connectivity index (χ0n) is 8.91. The summed E-state index contributed by atoms with van der Waals surface area (Å²) in [6.07, 6.45) is 3.10. The van der Waals surface area contributed by atoms with Crippen molar-refractivity contribution in [1.82, 2.24) is 4.98 Å². The zero-order chi connectivity index (χ0) is 12.1. The van der Waals surface area contributed by atoms with Crippen LogP contribution in [0.4, 0.5) is 0 Å². The number of hydrogen-bond donors (Lipinski definition) is 2. The molecule has 0 aliphatic carbocycles. The van der Waals surface area contributed by atoms with Gasteiger partial charge in [-0.15, -0.1) is 0 Å². The first-order valence-corrected chi connectivity index (χ1v) is 4.89. The number of oxime groups is 1. The Kier molecular flexibility index (Phi) is 3.25. The molecule has 0 amide bonds. The van der Waals surface area contributed by atoms with Crippen molar-refractivity contribution < 1.29 is 14.4 Å². The lowest BCUT2D eigenvalue weighted by atomic mass is 10.3. The summed E-state index contributed by atoms with van der Waals surface area (Å²) in [5.41, 5.74) is 5.77. The first-order chi connectivity index (χ1) is 8.31. The molecule has 0 aliphatic heterocycles. The number of furan rings is 1. The first kappa shape index (κ1) is 11.0. The smallest absolute Gasteiger partial charge is 0.192 e. The molecule has 0 bridgehead atoms. The van der Waals surface area contributed by atoms with Crippen LogP contribution in [0, 0.1) is 0 Å². The van der Waals surface area contributed by atoms with Crippen molar-refractivity contribution in [2.75, 3.05) is 0 Å². The average molecular weight is 233 g/mol. The van der Waals surface area contributed by atoms with Crippen molar-refractivity contribution in [2.24, 2.45) is 10.9 Å². The van der Waals surface area contributed by atoms with Crippen molar-refractivity contribution in [2.45, 2.75) is 6.61 Å². The monoisotopic (exact) mass is 233 g/mol. The fraction of sp³-hybridized carbons (Fsp3) is 0.0909. The summed E-state index contributed by atoms with van der Waals surface area (Å²) in [5, 5.41) is 11.5. The van der Waals surface area contributed by atoms with Gasteiger partial charge >= 0.3 is 0 Å². The van der Waals surface area contributed by atoms with Gasteiger partial charge in [0.2, 0.25) is 0 Å². The quantitative estimate of drug-likeness (QED) is 0.360. The van der Waals surface area contributed by atoms with E-state index in [2.05, 4.69) is 10.1 Å². The van der Waals surface area contributed by atoms with E-state index in [1.807, 2.05) is 0 Å². The van der Waals surface area contributed by atoms with Gasteiger partial charge in [-0.25, -0.2) is 4.98 Å². The first-order valence-electron chi connectivity index (χ1n) is 4.89. The van der Waals surface area contributed by atoms with E-state index in [-0.39, 0.29) is 12.4 Å². The maximum absolute atomic E-state index is 8.61. The van der Waals surface area contributed by atoms with Gasteiger partial charge in [-0.3, -0.25) is 0 Å². The van der Waals surface area contributed by atoms with Gasteiger partial charge in [0.25, 0.3) is 0 Å². The Labute approximate surface area is 97.3 Å². The Balaban J connectivity index is 2.15. The van der Waals surface area contributed by atoms with E-state index in [4.69, 9.17) is 20.1 Å². The maximum atomic E-state index is 8.61. The average Bonchev–Trinajstić information content (AvgIpc) is 2.89. The number of aromatic nitrogens is 1. The summed E-state index contributed by atoms with van der Waals surface area (Å²) in [4.78, 5) is 3.98. The second kappa shape index (κ2) is 5.02. The molecule has 6 heteroatoms. The molecule has 0 spiro atoms. The minimum atomic E-state index is -0.0972. The standard InChI is InChI=1S/C11H11N3O3/c12-11(14-15)10-9(4-1-5-13-10)17-7-8-3-2-6-16-8/h1-6,15H,7H2,(H2,12,14). The fourth-order valence-corrected chi connectivity index (χ4v) is 1.29. The molecule has 0 unspecified atom stereocenters. The third-order valence-electron chi connectivity index (χ3n) is 2.07. The Morgan fingerprint density at radius 2 is 2.35 bits per heavy atom. The highest BCUT2D eigenvalue weighted by molar-refractivity contribution is 5.97. The minimum Gasteiger partial charge on any atom is -0.483 e. The summed E-state index contributed by atoms with van der Waals surface area (Å²) in [6, 6.07) is 6.95. The van der Waals surface area contributed by atoms with Gasteiger partial charge < -0.3 is 20.1 Å². The molecule has 2 aromatic rings. The van der Waals surface area contributed by atoms with E-state index in [1.54, 1.807) is 30.5 Å². The Morgan fingerprint density at radius 1 is 1.47 bits per heavy atom. The normalized spacial score (nSPS) is 11.4. The minimum absolute atomic E-state index is 0.0972. The lowest BCUT2D eigenvalue weighted by Gasteiger charge is -2.07. The molecule has 0 saturated heterocycles. The molecule has 2 aromatic heterocycles. The summed E-state index contributed by atoms with van der Waals surface area (Å²) in [7, 11) is 0. The molecule has 3 N–H and O–H groups in total. The molecule has 0 aliphatic rings. The van der Waals surface area contributed by atoms with Crippen LogP contribution in [-0.2, 0) is 6.61 Å². The van der Waals surface area contributed by atoms with E-state index in [1.165, 1.54) is 6.20 Å². The molecule has 0 atom stereocenters. The number of hydrogen-bond acceptors (Lipinski definition) is 5. The highest BCUT2D eigenvalue weighted by atomic mass is 16.5. The zero-order valence-corrected chi connectivity index (χ0v) is 8.91. The molecule has 2 rings (SSSR count). The third kappa shape index (κ3) is 2.54. The molecule has 2 heterocycles. The van der Waals surface area contributed by atoms with Crippen molar-refractivity contribution >= 4 is 5.84 Å². The molecule has 0 fully saturated rings. The molecule has 6 nitrogen and oxygen atoms in total. The van der Waals surface area contributed by atoms with E-state index >= 15 is 0 Å². The van der Waals surface area contributed by atoms with Crippen molar-refractivity contribution in [3.8, 4) is 5.75 Å². The second-order valence-corrected chi connectivity index (χ2v) is 3.20. The van der Waals surface area contributed by atoms with Crippen molar-refractivity contribution in [3.05, 3.63) is 48.2 Å². The van der Waals surface area contributed by atoms with Crippen molar-refractivity contribution in [3.63, 3.8) is 0 Å². The van der Waals surface area contributed by atoms with Gasteiger partial charge in [0.05, 0.1) is 6.26 Å². The van der Waals surface area contributed by atoms with E-state index in [0.29, 0.717) is 17.2 Å². The molecule has 17 heavy (non-hydrogen) atoms. The summed E-state index contributed by atoms with van der Waals surface area (Å²) in [5.74, 6) is 1.01. The van der Waals surface area contributed by atoms with Crippen LogP contribution >= 0.6 is 0 Å². The molecular weight excluding hydrogens is 222 g/mol. The predicted molar refractivity (Wildman–Crippen MR) is 59.8 cm³/mol. The third-order valence-corrected chi connectivity index (χ3v) is 2.07. The van der Waals surface area contributed by atoms with Crippen LogP contribution in [0.25, 0.3) is 0 Å². The molecular formula is C11H11N3O3. The molecule has 0 radical (unpaired) electrons. The lowest BCUT2D eigenvalue weighted by Crippen LogP contribution is -2.16. The molecule has 88 valence electrons. The van der Waals surface area contributed by atoms with Crippen LogP contribution in [0.2, 0.25) is 0 Å². The van der Waals surface area contributed by atoms with Gasteiger partial charge in [-0.1, -0.05) is 5.16 Å². The summed E-state index contributed by atoms with van der Waals surface area (Å²) < 4.78 is 10.6. The maximum Gasteiger partial charge on any atom is 0.192 e. The van der Waals surface area contributed by atoms with Crippen LogP contribution in [0.3, 0.4) is 0 Å².